The van der Waals surface area contributed by atoms with Crippen LogP contribution in [0.15, 0.2) is 42.0 Å². The summed E-state index contributed by atoms with van der Waals surface area (Å²) in [5.41, 5.74) is 6.45. The molecule has 0 saturated carbocycles. The molecular formula is C27H33N3O. The SMILES string of the molecule is Cc1cccc(NC(=O)/C(C#N)=C\c2cc3c(cc2C)N(C(C)C)C(C)(C)C[C@@H]3C)c1. The zero-order valence-electron chi connectivity index (χ0n) is 19.7. The number of carbonyl (C=O) groups is 1. The van der Waals surface area contributed by atoms with Crippen molar-refractivity contribution in [2.24, 2.45) is 0 Å². The maximum Gasteiger partial charge on any atom is 0.266 e. The molecule has 0 spiro atoms. The topological polar surface area (TPSA) is 56.1 Å². The first kappa shape index (κ1) is 22.6. The summed E-state index contributed by atoms with van der Waals surface area (Å²) in [4.78, 5) is 15.2. The maximum atomic E-state index is 12.7. The Morgan fingerprint density at radius 3 is 2.58 bits per heavy atom. The molecule has 2 aromatic rings. The van der Waals surface area contributed by atoms with Crippen molar-refractivity contribution in [3.63, 3.8) is 0 Å². The smallest absolute Gasteiger partial charge is 0.266 e. The number of hydrogen-bond donors (Lipinski definition) is 1. The number of carbonyl (C=O) groups excluding carboxylic acids is 1. The second-order valence-corrected chi connectivity index (χ2v) is 9.64. The van der Waals surface area contributed by atoms with Crippen molar-refractivity contribution in [1.29, 1.82) is 5.26 Å². The highest BCUT2D eigenvalue weighted by Crippen LogP contribution is 2.45. The Labute approximate surface area is 186 Å². The van der Waals surface area contributed by atoms with E-state index in [4.69, 9.17) is 0 Å². The van der Waals surface area contributed by atoms with Crippen LogP contribution in [0.2, 0.25) is 0 Å². The fourth-order valence-electron chi connectivity index (χ4n) is 4.97. The molecule has 4 nitrogen and oxygen atoms in total. The van der Waals surface area contributed by atoms with Gasteiger partial charge in [0.15, 0.2) is 0 Å². The molecule has 0 unspecified atom stereocenters. The minimum atomic E-state index is -0.386. The highest BCUT2D eigenvalue weighted by molar-refractivity contribution is 6.09. The normalized spacial score (nSPS) is 17.8. The van der Waals surface area contributed by atoms with Crippen LogP contribution in [0, 0.1) is 25.2 Å². The van der Waals surface area contributed by atoms with Crippen molar-refractivity contribution >= 4 is 23.4 Å². The van der Waals surface area contributed by atoms with Crippen LogP contribution in [0.1, 0.15) is 69.2 Å². The first-order valence-electron chi connectivity index (χ1n) is 11.0. The predicted octanol–water partition coefficient (Wildman–Crippen LogP) is 6.35. The standard InChI is InChI=1S/C27H33N3O/c1-17(2)30-25-12-19(4)21(14-24(25)20(5)15-27(30,6)7)13-22(16-28)26(31)29-23-10-8-9-18(3)11-23/h8-14,17,20H,15H2,1-7H3,(H,29,31)/b22-13-/t20-/m0/s1. The summed E-state index contributed by atoms with van der Waals surface area (Å²) >= 11 is 0. The van der Waals surface area contributed by atoms with Gasteiger partial charge in [-0.1, -0.05) is 19.1 Å². The van der Waals surface area contributed by atoms with Crippen LogP contribution in [-0.4, -0.2) is 17.5 Å². The number of amides is 1. The van der Waals surface area contributed by atoms with Gasteiger partial charge in [-0.2, -0.15) is 5.26 Å². The molecule has 0 radical (unpaired) electrons. The van der Waals surface area contributed by atoms with Gasteiger partial charge in [-0.15, -0.1) is 0 Å². The van der Waals surface area contributed by atoms with Crippen molar-refractivity contribution < 1.29 is 4.79 Å². The van der Waals surface area contributed by atoms with Gasteiger partial charge in [-0.05, 0) is 106 Å². The van der Waals surface area contributed by atoms with Crippen molar-refractivity contribution in [2.75, 3.05) is 10.2 Å². The lowest BCUT2D eigenvalue weighted by atomic mass is 9.78. The average molecular weight is 416 g/mol. The number of nitrogens with one attached hydrogen (secondary N) is 1. The van der Waals surface area contributed by atoms with E-state index < -0.39 is 0 Å². The summed E-state index contributed by atoms with van der Waals surface area (Å²) in [5.74, 6) is 0.0163. The van der Waals surface area contributed by atoms with Gasteiger partial charge < -0.3 is 10.2 Å². The first-order valence-corrected chi connectivity index (χ1v) is 11.0. The third-order valence-corrected chi connectivity index (χ3v) is 6.12. The molecule has 1 heterocycles. The fourth-order valence-corrected chi connectivity index (χ4v) is 4.97. The van der Waals surface area contributed by atoms with Gasteiger partial charge in [0.2, 0.25) is 0 Å². The molecule has 1 aliphatic heterocycles. The van der Waals surface area contributed by atoms with E-state index in [0.717, 1.165) is 23.1 Å². The lowest BCUT2D eigenvalue weighted by Gasteiger charge is -2.50. The molecule has 0 bridgehead atoms. The third kappa shape index (κ3) is 4.66. The minimum Gasteiger partial charge on any atom is -0.364 e. The van der Waals surface area contributed by atoms with Gasteiger partial charge in [-0.25, -0.2) is 0 Å². The van der Waals surface area contributed by atoms with Gasteiger partial charge in [0.25, 0.3) is 5.91 Å². The molecule has 1 amide bonds. The molecule has 0 aliphatic carbocycles. The highest BCUT2D eigenvalue weighted by atomic mass is 16.1. The zero-order valence-corrected chi connectivity index (χ0v) is 19.7. The zero-order chi connectivity index (χ0) is 22.9. The average Bonchev–Trinajstić information content (AvgIpc) is 2.65. The predicted molar refractivity (Wildman–Crippen MR) is 129 cm³/mol. The molecule has 1 atom stereocenters. The van der Waals surface area contributed by atoms with Gasteiger partial charge >= 0.3 is 0 Å². The molecule has 31 heavy (non-hydrogen) atoms. The Balaban J connectivity index is 1.99. The monoisotopic (exact) mass is 415 g/mol. The van der Waals surface area contributed by atoms with Crippen LogP contribution < -0.4 is 10.2 Å². The molecule has 1 aliphatic rings. The molecule has 2 aromatic carbocycles. The number of nitriles is 1. The Hall–Kier alpha value is -3.06. The van der Waals surface area contributed by atoms with E-state index in [9.17, 15) is 10.1 Å². The number of aryl methyl sites for hydroxylation is 2. The van der Waals surface area contributed by atoms with E-state index in [0.29, 0.717) is 17.6 Å². The van der Waals surface area contributed by atoms with E-state index in [1.165, 1.54) is 11.3 Å². The van der Waals surface area contributed by atoms with Crippen molar-refractivity contribution in [2.45, 2.75) is 72.4 Å². The Bertz CT molecular complexity index is 1070. The number of hydrogen-bond acceptors (Lipinski definition) is 3. The van der Waals surface area contributed by atoms with Crippen LogP contribution in [0.4, 0.5) is 11.4 Å². The molecule has 0 fully saturated rings. The molecule has 3 rings (SSSR count). The van der Waals surface area contributed by atoms with Crippen LogP contribution in [0.5, 0.6) is 0 Å². The summed E-state index contributed by atoms with van der Waals surface area (Å²) in [6.07, 6.45) is 2.77. The van der Waals surface area contributed by atoms with E-state index in [-0.39, 0.29) is 17.0 Å². The quantitative estimate of drug-likeness (QED) is 0.467. The second-order valence-electron chi connectivity index (χ2n) is 9.64. The number of benzene rings is 2. The number of fused-ring (bicyclic) bond motifs is 1. The van der Waals surface area contributed by atoms with Crippen molar-refractivity contribution in [1.82, 2.24) is 0 Å². The van der Waals surface area contributed by atoms with Gasteiger partial charge in [0.05, 0.1) is 0 Å². The van der Waals surface area contributed by atoms with E-state index >= 15 is 0 Å². The van der Waals surface area contributed by atoms with Crippen LogP contribution in [0.3, 0.4) is 0 Å². The lowest BCUT2D eigenvalue weighted by molar-refractivity contribution is -0.112. The highest BCUT2D eigenvalue weighted by Gasteiger charge is 2.37. The van der Waals surface area contributed by atoms with Crippen LogP contribution in [-0.2, 0) is 4.79 Å². The van der Waals surface area contributed by atoms with Crippen molar-refractivity contribution in [3.8, 4) is 6.07 Å². The maximum absolute atomic E-state index is 12.7. The molecular weight excluding hydrogens is 382 g/mol. The molecule has 0 saturated heterocycles. The molecule has 1 N–H and O–H groups in total. The number of anilines is 2. The number of nitrogens with zero attached hydrogens (tertiary/aromatic N) is 2. The molecule has 4 heteroatoms. The summed E-state index contributed by atoms with van der Waals surface area (Å²) in [5, 5.41) is 12.5. The fraction of sp³-hybridized carbons (Fsp3) is 0.407. The summed E-state index contributed by atoms with van der Waals surface area (Å²) in [7, 11) is 0. The summed E-state index contributed by atoms with van der Waals surface area (Å²) < 4.78 is 0. The Morgan fingerprint density at radius 2 is 1.97 bits per heavy atom. The van der Waals surface area contributed by atoms with Gasteiger partial charge in [0.1, 0.15) is 11.6 Å². The second kappa shape index (κ2) is 8.59. The molecule has 162 valence electrons. The van der Waals surface area contributed by atoms with Crippen LogP contribution >= 0.6 is 0 Å². The first-order chi connectivity index (χ1) is 14.5. The molecule has 0 aromatic heterocycles. The van der Waals surface area contributed by atoms with Gasteiger partial charge in [-0.3, -0.25) is 4.79 Å². The van der Waals surface area contributed by atoms with Crippen molar-refractivity contribution in [3.05, 3.63) is 64.2 Å². The van der Waals surface area contributed by atoms with E-state index in [2.05, 4.69) is 63.0 Å². The minimum absolute atomic E-state index is 0.0793. The van der Waals surface area contributed by atoms with Crippen LogP contribution in [0.25, 0.3) is 6.08 Å². The largest absolute Gasteiger partial charge is 0.364 e. The summed E-state index contributed by atoms with van der Waals surface area (Å²) in [6, 6.07) is 14.4. The number of rotatable bonds is 4. The van der Waals surface area contributed by atoms with E-state index in [1.54, 1.807) is 6.08 Å². The van der Waals surface area contributed by atoms with Gasteiger partial charge in [0, 0.05) is 23.0 Å². The summed E-state index contributed by atoms with van der Waals surface area (Å²) in [6.45, 7) is 15.3. The van der Waals surface area contributed by atoms with E-state index in [1.807, 2.05) is 38.1 Å². The lowest BCUT2D eigenvalue weighted by Crippen LogP contribution is -2.51. The third-order valence-electron chi connectivity index (χ3n) is 6.12. The Morgan fingerprint density at radius 1 is 1.26 bits per heavy atom. The Kier molecular flexibility index (Phi) is 6.27.